The molecule has 4 aromatic rings. The second-order valence-corrected chi connectivity index (χ2v) is 12.0. The minimum absolute atomic E-state index is 0.0517. The van der Waals surface area contributed by atoms with Gasteiger partial charge >= 0.3 is 0 Å². The van der Waals surface area contributed by atoms with Crippen LogP contribution in [0.25, 0.3) is 27.1 Å². The predicted octanol–water partition coefficient (Wildman–Crippen LogP) is 6.04. The van der Waals surface area contributed by atoms with Gasteiger partial charge in [-0.2, -0.15) is 5.10 Å². The van der Waals surface area contributed by atoms with Gasteiger partial charge in [-0.25, -0.2) is 13.9 Å². The van der Waals surface area contributed by atoms with E-state index in [1.54, 1.807) is 17.7 Å². The van der Waals surface area contributed by atoms with Crippen LogP contribution in [-0.4, -0.2) is 73.7 Å². The first-order valence-electron chi connectivity index (χ1n) is 13.2. The Labute approximate surface area is 221 Å². The van der Waals surface area contributed by atoms with E-state index in [4.69, 9.17) is 0 Å². The molecule has 9 heteroatoms. The third-order valence-electron chi connectivity index (χ3n) is 7.91. The van der Waals surface area contributed by atoms with Crippen molar-refractivity contribution < 1.29 is 9.18 Å². The van der Waals surface area contributed by atoms with Crippen molar-refractivity contribution in [3.8, 4) is 11.3 Å². The number of alkyl halides is 1. The topological polar surface area (TPSA) is 69.5 Å². The number of hydrogen-bond donors (Lipinski definition) is 1. The molecule has 5 heterocycles. The molecule has 1 aliphatic heterocycles. The molecular formula is C28H37FN6OS. The summed E-state index contributed by atoms with van der Waals surface area (Å²) < 4.78 is 16.5. The summed E-state index contributed by atoms with van der Waals surface area (Å²) in [6.07, 6.45) is 5.37. The van der Waals surface area contributed by atoms with Gasteiger partial charge in [0.1, 0.15) is 12.5 Å². The zero-order valence-corrected chi connectivity index (χ0v) is 23.4. The van der Waals surface area contributed by atoms with Crippen molar-refractivity contribution in [3.63, 3.8) is 0 Å². The summed E-state index contributed by atoms with van der Waals surface area (Å²) in [5.41, 5.74) is 6.27. The standard InChI is InChI=1S/C28H37FN6OS/c1-16(2)24-25(20-11-17(3)27-30-15-31-35(27)13-20)32-22-12-23(37-26(22)24)28(36)33(6)18(4)7-8-19(5)34-10-9-21(29)14-34/h11-13,15-16,18-19,21,32H,7-10,14H2,1-6H3. The van der Waals surface area contributed by atoms with Crippen LogP contribution in [0.3, 0.4) is 0 Å². The molecule has 0 aromatic carbocycles. The summed E-state index contributed by atoms with van der Waals surface area (Å²) in [6, 6.07) is 4.58. The van der Waals surface area contributed by atoms with Crippen LogP contribution in [0.5, 0.6) is 0 Å². The highest BCUT2D eigenvalue weighted by molar-refractivity contribution is 7.21. The first-order valence-corrected chi connectivity index (χ1v) is 14.1. The third-order valence-corrected chi connectivity index (χ3v) is 9.07. The molecule has 0 spiro atoms. The smallest absolute Gasteiger partial charge is 0.264 e. The van der Waals surface area contributed by atoms with E-state index in [0.717, 1.165) is 56.9 Å². The Hall–Kier alpha value is -2.78. The number of pyridine rings is 1. The minimum atomic E-state index is -0.696. The number of amides is 1. The van der Waals surface area contributed by atoms with Gasteiger partial charge in [-0.3, -0.25) is 9.69 Å². The molecule has 0 radical (unpaired) electrons. The highest BCUT2D eigenvalue weighted by Crippen LogP contribution is 2.40. The zero-order valence-electron chi connectivity index (χ0n) is 22.6. The SMILES string of the molecule is Cc1cc(-c2[nH]c3cc(C(=O)N(C)C(C)CCC(C)N4CCC(F)C4)sc3c2C(C)C)cn2ncnc12. The second-order valence-electron chi connectivity index (χ2n) is 10.9. The van der Waals surface area contributed by atoms with E-state index in [-0.39, 0.29) is 17.9 Å². The molecule has 1 amide bonds. The average Bonchev–Trinajstić information content (AvgIpc) is 3.63. The van der Waals surface area contributed by atoms with E-state index in [2.05, 4.69) is 53.7 Å². The van der Waals surface area contributed by atoms with Gasteiger partial charge < -0.3 is 9.88 Å². The van der Waals surface area contributed by atoms with Crippen molar-refractivity contribution in [2.24, 2.45) is 0 Å². The Bertz CT molecular complexity index is 1420. The molecule has 0 aliphatic carbocycles. The maximum Gasteiger partial charge on any atom is 0.264 e. The highest BCUT2D eigenvalue weighted by Gasteiger charge is 2.27. The van der Waals surface area contributed by atoms with Crippen molar-refractivity contribution in [1.82, 2.24) is 29.4 Å². The number of H-pyrrole nitrogens is 1. The average molecular weight is 525 g/mol. The fraction of sp³-hybridized carbons (Fsp3) is 0.536. The summed E-state index contributed by atoms with van der Waals surface area (Å²) in [5.74, 6) is 0.334. The number of likely N-dealkylation sites (tertiary alicyclic amines) is 1. The Morgan fingerprint density at radius 2 is 2.05 bits per heavy atom. The lowest BCUT2D eigenvalue weighted by molar-refractivity contribution is 0.0733. The van der Waals surface area contributed by atoms with Gasteiger partial charge in [0.2, 0.25) is 0 Å². The first-order chi connectivity index (χ1) is 17.6. The first kappa shape index (κ1) is 25.9. The highest BCUT2D eigenvalue weighted by atomic mass is 32.1. The molecule has 0 bridgehead atoms. The number of hydrogen-bond acceptors (Lipinski definition) is 5. The van der Waals surface area contributed by atoms with E-state index in [1.165, 1.54) is 5.56 Å². The molecule has 3 unspecified atom stereocenters. The molecule has 1 N–H and O–H groups in total. The van der Waals surface area contributed by atoms with Gasteiger partial charge in [-0.15, -0.1) is 11.3 Å². The molecule has 0 saturated carbocycles. The summed E-state index contributed by atoms with van der Waals surface area (Å²) >= 11 is 1.57. The van der Waals surface area contributed by atoms with Crippen LogP contribution >= 0.6 is 11.3 Å². The lowest BCUT2D eigenvalue weighted by Crippen LogP contribution is -2.37. The van der Waals surface area contributed by atoms with Crippen LogP contribution in [-0.2, 0) is 0 Å². The van der Waals surface area contributed by atoms with Gasteiger partial charge in [0.15, 0.2) is 5.65 Å². The maximum absolute atomic E-state index is 13.6. The van der Waals surface area contributed by atoms with E-state index >= 15 is 0 Å². The zero-order chi connectivity index (χ0) is 26.4. The Kier molecular flexibility index (Phi) is 7.11. The van der Waals surface area contributed by atoms with Crippen molar-refractivity contribution in [2.45, 2.75) is 78.1 Å². The largest absolute Gasteiger partial charge is 0.354 e. The van der Waals surface area contributed by atoms with Gasteiger partial charge in [-0.05, 0) is 69.2 Å². The van der Waals surface area contributed by atoms with Gasteiger partial charge in [0.25, 0.3) is 5.91 Å². The van der Waals surface area contributed by atoms with Crippen molar-refractivity contribution in [1.29, 1.82) is 0 Å². The van der Waals surface area contributed by atoms with Crippen molar-refractivity contribution in [3.05, 3.63) is 40.7 Å². The lowest BCUT2D eigenvalue weighted by atomic mass is 9.99. The normalized spacial score (nSPS) is 18.3. The van der Waals surface area contributed by atoms with Crippen LogP contribution in [0.4, 0.5) is 4.39 Å². The molecule has 4 aromatic heterocycles. The van der Waals surface area contributed by atoms with E-state index in [9.17, 15) is 9.18 Å². The number of aromatic nitrogens is 4. The van der Waals surface area contributed by atoms with Crippen LogP contribution in [0.15, 0.2) is 24.7 Å². The maximum atomic E-state index is 13.6. The van der Waals surface area contributed by atoms with Crippen LogP contribution in [0.2, 0.25) is 0 Å². The molecule has 37 heavy (non-hydrogen) atoms. The summed E-state index contributed by atoms with van der Waals surface area (Å²) in [6.45, 7) is 12.1. The number of rotatable bonds is 8. The minimum Gasteiger partial charge on any atom is -0.354 e. The molecule has 198 valence electrons. The van der Waals surface area contributed by atoms with E-state index in [0.29, 0.717) is 19.0 Å². The Morgan fingerprint density at radius 1 is 1.27 bits per heavy atom. The number of aryl methyl sites for hydroxylation is 1. The lowest BCUT2D eigenvalue weighted by Gasteiger charge is -2.28. The predicted molar refractivity (Wildman–Crippen MR) is 148 cm³/mol. The molecule has 1 saturated heterocycles. The fourth-order valence-electron chi connectivity index (χ4n) is 5.49. The number of carbonyl (C=O) groups is 1. The Morgan fingerprint density at radius 3 is 2.76 bits per heavy atom. The van der Waals surface area contributed by atoms with Crippen molar-refractivity contribution >= 4 is 33.1 Å². The number of nitrogens with zero attached hydrogens (tertiary/aromatic N) is 5. The number of aromatic amines is 1. The fourth-order valence-corrected chi connectivity index (χ4v) is 6.79. The van der Waals surface area contributed by atoms with Gasteiger partial charge in [-0.1, -0.05) is 13.8 Å². The molecule has 1 aliphatic rings. The van der Waals surface area contributed by atoms with Gasteiger partial charge in [0, 0.05) is 44.0 Å². The molecular weight excluding hydrogens is 487 g/mol. The van der Waals surface area contributed by atoms with Crippen molar-refractivity contribution in [2.75, 3.05) is 20.1 Å². The number of carbonyl (C=O) groups excluding carboxylic acids is 1. The third kappa shape index (κ3) is 4.91. The number of thiophene rings is 1. The molecule has 3 atom stereocenters. The molecule has 7 nitrogen and oxygen atoms in total. The molecule has 1 fully saturated rings. The van der Waals surface area contributed by atoms with E-state index < -0.39 is 6.17 Å². The quantitative estimate of drug-likeness (QED) is 0.305. The van der Waals surface area contributed by atoms with Gasteiger partial charge in [0.05, 0.1) is 20.8 Å². The van der Waals surface area contributed by atoms with Crippen LogP contribution in [0, 0.1) is 6.92 Å². The summed E-state index contributed by atoms with van der Waals surface area (Å²) in [4.78, 5) is 26.2. The summed E-state index contributed by atoms with van der Waals surface area (Å²) in [5, 5.41) is 4.33. The Balaban J connectivity index is 1.35. The second kappa shape index (κ2) is 10.2. The molecule has 5 rings (SSSR count). The van der Waals surface area contributed by atoms with Crippen LogP contribution < -0.4 is 0 Å². The number of nitrogens with one attached hydrogen (secondary N) is 1. The number of fused-ring (bicyclic) bond motifs is 2. The van der Waals surface area contributed by atoms with Crippen LogP contribution in [0.1, 0.15) is 73.7 Å². The monoisotopic (exact) mass is 524 g/mol. The summed E-state index contributed by atoms with van der Waals surface area (Å²) in [7, 11) is 1.89. The van der Waals surface area contributed by atoms with E-state index in [1.807, 2.05) is 35.6 Å². The number of halogens is 1.